The summed E-state index contributed by atoms with van der Waals surface area (Å²) in [4.78, 5) is 22.2. The third kappa shape index (κ3) is 4.75. The molecule has 0 fully saturated rings. The van der Waals surface area contributed by atoms with Crippen molar-refractivity contribution >= 4 is 17.0 Å². The number of carboxylic acid groups (broad SMARTS) is 1. The fourth-order valence-corrected chi connectivity index (χ4v) is 2.86. The predicted molar refractivity (Wildman–Crippen MR) is 105 cm³/mol. The summed E-state index contributed by atoms with van der Waals surface area (Å²) in [7, 11) is 3.53. The average Bonchev–Trinajstić information content (AvgIpc) is 2.68. The van der Waals surface area contributed by atoms with E-state index in [2.05, 4.69) is 14.9 Å². The lowest BCUT2D eigenvalue weighted by atomic mass is 10.2. The highest BCUT2D eigenvalue weighted by atomic mass is 16.5. The number of carbonyl (C=O) groups is 1. The molecule has 7 nitrogen and oxygen atoms in total. The highest BCUT2D eigenvalue weighted by Gasteiger charge is 2.16. The van der Waals surface area contributed by atoms with Gasteiger partial charge in [0, 0.05) is 13.1 Å². The van der Waals surface area contributed by atoms with Crippen molar-refractivity contribution in [1.82, 2.24) is 14.9 Å². The zero-order chi connectivity index (χ0) is 20.1. The van der Waals surface area contributed by atoms with Gasteiger partial charge in [0.2, 0.25) is 0 Å². The van der Waals surface area contributed by atoms with Crippen LogP contribution >= 0.6 is 0 Å². The predicted octanol–water partition coefficient (Wildman–Crippen LogP) is 3.12. The van der Waals surface area contributed by atoms with Crippen molar-refractivity contribution in [3.05, 3.63) is 59.9 Å². The van der Waals surface area contributed by atoms with Crippen LogP contribution in [0.1, 0.15) is 18.2 Å². The smallest absolute Gasteiger partial charge is 0.344 e. The summed E-state index contributed by atoms with van der Waals surface area (Å²) in [5.41, 5.74) is 3.67. The number of fused-ring (bicyclic) bond motifs is 1. The summed E-state index contributed by atoms with van der Waals surface area (Å²) in [6.45, 7) is 2.79. The quantitative estimate of drug-likeness (QED) is 0.642. The standard InChI is InChI=1S/C21H23N3O4/c1-14(21(25)26)28-19-9-8-15(10-20(19)27-3)12-24(2)13-16-11-22-17-6-4-5-7-18(17)23-16/h4-11,14H,12-13H2,1-3H3,(H,25,26)/t14-/m0/s1. The minimum Gasteiger partial charge on any atom is -0.493 e. The van der Waals surface area contributed by atoms with Crippen LogP contribution in [-0.4, -0.2) is 46.2 Å². The van der Waals surface area contributed by atoms with Crippen LogP contribution in [0.3, 0.4) is 0 Å². The molecule has 28 heavy (non-hydrogen) atoms. The lowest BCUT2D eigenvalue weighted by Crippen LogP contribution is -2.23. The Morgan fingerprint density at radius 1 is 1.14 bits per heavy atom. The van der Waals surface area contributed by atoms with Gasteiger partial charge in [0.15, 0.2) is 17.6 Å². The molecule has 0 saturated carbocycles. The second kappa shape index (κ2) is 8.67. The number of ether oxygens (including phenoxy) is 2. The molecule has 0 radical (unpaired) electrons. The number of aliphatic carboxylic acids is 1. The van der Waals surface area contributed by atoms with Crippen LogP contribution in [0, 0.1) is 0 Å². The van der Waals surface area contributed by atoms with E-state index in [9.17, 15) is 4.79 Å². The fourth-order valence-electron chi connectivity index (χ4n) is 2.86. The van der Waals surface area contributed by atoms with Crippen LogP contribution in [0.25, 0.3) is 11.0 Å². The minimum absolute atomic E-state index is 0.407. The number of rotatable bonds is 8. The Morgan fingerprint density at radius 3 is 2.61 bits per heavy atom. The monoisotopic (exact) mass is 381 g/mol. The molecule has 146 valence electrons. The first kappa shape index (κ1) is 19.6. The van der Waals surface area contributed by atoms with E-state index in [1.54, 1.807) is 12.3 Å². The highest BCUT2D eigenvalue weighted by molar-refractivity contribution is 5.73. The molecule has 0 amide bonds. The number of carboxylic acids is 1. The van der Waals surface area contributed by atoms with Gasteiger partial charge in [0.1, 0.15) is 0 Å². The topological polar surface area (TPSA) is 84.8 Å². The first-order valence-electron chi connectivity index (χ1n) is 8.92. The lowest BCUT2D eigenvalue weighted by Gasteiger charge is -2.18. The van der Waals surface area contributed by atoms with Gasteiger partial charge < -0.3 is 14.6 Å². The first-order valence-corrected chi connectivity index (χ1v) is 8.92. The van der Waals surface area contributed by atoms with Gasteiger partial charge in [-0.25, -0.2) is 9.78 Å². The second-order valence-corrected chi connectivity index (χ2v) is 6.61. The molecule has 1 aromatic heterocycles. The van der Waals surface area contributed by atoms with Gasteiger partial charge in [0.05, 0.1) is 30.0 Å². The molecule has 0 saturated heterocycles. The lowest BCUT2D eigenvalue weighted by molar-refractivity contribution is -0.144. The van der Waals surface area contributed by atoms with Gasteiger partial charge in [-0.3, -0.25) is 9.88 Å². The molecule has 3 aromatic rings. The average molecular weight is 381 g/mol. The maximum absolute atomic E-state index is 11.0. The highest BCUT2D eigenvalue weighted by Crippen LogP contribution is 2.29. The Morgan fingerprint density at radius 2 is 1.89 bits per heavy atom. The number of hydrogen-bond acceptors (Lipinski definition) is 6. The van der Waals surface area contributed by atoms with E-state index in [0.29, 0.717) is 24.6 Å². The molecule has 0 bridgehead atoms. The Labute approximate surface area is 163 Å². The Hall–Kier alpha value is -3.19. The third-order valence-electron chi connectivity index (χ3n) is 4.26. The van der Waals surface area contributed by atoms with Gasteiger partial charge in [0.25, 0.3) is 0 Å². The number of methoxy groups -OCH3 is 1. The van der Waals surface area contributed by atoms with Crippen molar-refractivity contribution in [2.75, 3.05) is 14.2 Å². The summed E-state index contributed by atoms with van der Waals surface area (Å²) in [5.74, 6) is -0.115. The van der Waals surface area contributed by atoms with E-state index in [1.807, 2.05) is 43.4 Å². The zero-order valence-corrected chi connectivity index (χ0v) is 16.1. The molecule has 0 unspecified atom stereocenters. The van der Waals surface area contributed by atoms with E-state index in [4.69, 9.17) is 14.6 Å². The maximum Gasteiger partial charge on any atom is 0.344 e. The van der Waals surface area contributed by atoms with E-state index in [0.717, 1.165) is 22.3 Å². The molecule has 0 aliphatic heterocycles. The summed E-state index contributed by atoms with van der Waals surface area (Å²) in [5, 5.41) is 9.00. The van der Waals surface area contributed by atoms with Crippen LogP contribution in [-0.2, 0) is 17.9 Å². The molecule has 0 spiro atoms. The van der Waals surface area contributed by atoms with Crippen LogP contribution in [0.4, 0.5) is 0 Å². The molecule has 7 heteroatoms. The Kier molecular flexibility index (Phi) is 6.06. The van der Waals surface area contributed by atoms with Crippen LogP contribution in [0.5, 0.6) is 11.5 Å². The Bertz CT molecular complexity index is 977. The summed E-state index contributed by atoms with van der Waals surface area (Å²) >= 11 is 0. The van der Waals surface area contributed by atoms with Crippen molar-refractivity contribution < 1.29 is 19.4 Å². The Balaban J connectivity index is 1.68. The summed E-state index contributed by atoms with van der Waals surface area (Å²) in [6.07, 6.45) is 0.845. The minimum atomic E-state index is -1.03. The van der Waals surface area contributed by atoms with Gasteiger partial charge in [-0.15, -0.1) is 0 Å². The molecular weight excluding hydrogens is 358 g/mol. The molecule has 3 rings (SSSR count). The molecule has 1 N–H and O–H groups in total. The van der Waals surface area contributed by atoms with E-state index >= 15 is 0 Å². The van der Waals surface area contributed by atoms with Gasteiger partial charge >= 0.3 is 5.97 Å². The number of aromatic nitrogens is 2. The van der Waals surface area contributed by atoms with E-state index < -0.39 is 12.1 Å². The zero-order valence-electron chi connectivity index (χ0n) is 16.1. The van der Waals surface area contributed by atoms with Gasteiger partial charge in [-0.2, -0.15) is 0 Å². The van der Waals surface area contributed by atoms with Crippen molar-refractivity contribution in [3.8, 4) is 11.5 Å². The molecular formula is C21H23N3O4. The van der Waals surface area contributed by atoms with Gasteiger partial charge in [-0.1, -0.05) is 18.2 Å². The molecule has 1 heterocycles. The number of para-hydroxylation sites is 2. The van der Waals surface area contributed by atoms with E-state index in [-0.39, 0.29) is 0 Å². The van der Waals surface area contributed by atoms with Crippen LogP contribution in [0.2, 0.25) is 0 Å². The normalized spacial score (nSPS) is 12.1. The largest absolute Gasteiger partial charge is 0.493 e. The second-order valence-electron chi connectivity index (χ2n) is 6.61. The maximum atomic E-state index is 11.0. The van der Waals surface area contributed by atoms with Crippen LogP contribution < -0.4 is 9.47 Å². The van der Waals surface area contributed by atoms with Gasteiger partial charge in [-0.05, 0) is 43.8 Å². The van der Waals surface area contributed by atoms with Crippen molar-refractivity contribution in [2.24, 2.45) is 0 Å². The number of benzene rings is 2. The fraction of sp³-hybridized carbons (Fsp3) is 0.286. The van der Waals surface area contributed by atoms with Crippen molar-refractivity contribution in [3.63, 3.8) is 0 Å². The molecule has 2 aromatic carbocycles. The number of hydrogen-bond donors (Lipinski definition) is 1. The third-order valence-corrected chi connectivity index (χ3v) is 4.26. The van der Waals surface area contributed by atoms with Crippen molar-refractivity contribution in [2.45, 2.75) is 26.1 Å². The molecule has 0 aliphatic carbocycles. The van der Waals surface area contributed by atoms with Crippen molar-refractivity contribution in [1.29, 1.82) is 0 Å². The summed E-state index contributed by atoms with van der Waals surface area (Å²) < 4.78 is 10.8. The number of nitrogens with zero attached hydrogens (tertiary/aromatic N) is 3. The molecule has 0 aliphatic rings. The summed E-state index contributed by atoms with van der Waals surface area (Å²) in [6, 6.07) is 13.3. The molecule has 1 atom stereocenters. The SMILES string of the molecule is COc1cc(CN(C)Cc2cnc3ccccc3n2)ccc1O[C@@H](C)C(=O)O. The van der Waals surface area contributed by atoms with Crippen LogP contribution in [0.15, 0.2) is 48.7 Å². The van der Waals surface area contributed by atoms with E-state index in [1.165, 1.54) is 14.0 Å². The first-order chi connectivity index (χ1) is 13.5.